The van der Waals surface area contributed by atoms with Gasteiger partial charge in [0, 0.05) is 19.6 Å². The van der Waals surface area contributed by atoms with Gasteiger partial charge in [0.15, 0.2) is 0 Å². The summed E-state index contributed by atoms with van der Waals surface area (Å²) < 4.78 is 67.4. The molecule has 2 amide bonds. The second kappa shape index (κ2) is 9.85. The summed E-state index contributed by atoms with van der Waals surface area (Å²) in [4.78, 5) is 16.5. The first kappa shape index (κ1) is 25.6. The van der Waals surface area contributed by atoms with Crippen LogP contribution in [-0.2, 0) is 22.7 Å². The van der Waals surface area contributed by atoms with Crippen molar-refractivity contribution >= 4 is 27.4 Å². The number of alkyl halides is 3. The molecule has 0 unspecified atom stereocenters. The molecule has 0 bridgehead atoms. The molecule has 6 nitrogen and oxygen atoms in total. The second-order valence-electron chi connectivity index (χ2n) is 8.85. The molecule has 0 atom stereocenters. The van der Waals surface area contributed by atoms with Crippen molar-refractivity contribution in [2.24, 2.45) is 0 Å². The molecule has 0 aromatic heterocycles. The normalized spacial score (nSPS) is 14.8. The Bertz CT molecular complexity index is 1370. The Labute approximate surface area is 208 Å². The predicted molar refractivity (Wildman–Crippen MR) is 132 cm³/mol. The number of nitrogens with zero attached hydrogens (tertiary/aromatic N) is 2. The van der Waals surface area contributed by atoms with Crippen LogP contribution in [0.1, 0.15) is 28.7 Å². The molecule has 1 aliphatic rings. The van der Waals surface area contributed by atoms with Crippen LogP contribution < -0.4 is 9.62 Å². The highest BCUT2D eigenvalue weighted by Crippen LogP contribution is 2.33. The van der Waals surface area contributed by atoms with Gasteiger partial charge in [0.1, 0.15) is 0 Å². The van der Waals surface area contributed by atoms with E-state index in [1.54, 1.807) is 48.2 Å². The number of aryl methyl sites for hydroxylation is 2. The Morgan fingerprint density at radius 3 is 2.28 bits per heavy atom. The highest BCUT2D eigenvalue weighted by Gasteiger charge is 2.31. The SMILES string of the molecule is Cc1cccc(S(=O)(=O)Nc2cc(C)ccc2N2CCCN(Cc3ccc(C(F)(F)F)cc3)C2=O)c1. The van der Waals surface area contributed by atoms with Crippen molar-refractivity contribution < 1.29 is 26.4 Å². The molecule has 3 aromatic carbocycles. The lowest BCUT2D eigenvalue weighted by molar-refractivity contribution is -0.137. The van der Waals surface area contributed by atoms with E-state index >= 15 is 0 Å². The van der Waals surface area contributed by atoms with Crippen molar-refractivity contribution in [2.75, 3.05) is 22.7 Å². The zero-order valence-electron chi connectivity index (χ0n) is 19.8. The van der Waals surface area contributed by atoms with Crippen molar-refractivity contribution in [3.05, 3.63) is 89.0 Å². The molecule has 0 spiro atoms. The van der Waals surface area contributed by atoms with Crippen LogP contribution in [0.5, 0.6) is 0 Å². The summed E-state index contributed by atoms with van der Waals surface area (Å²) in [5, 5.41) is 0. The van der Waals surface area contributed by atoms with Gasteiger partial charge in [0.25, 0.3) is 10.0 Å². The molecule has 3 aromatic rings. The summed E-state index contributed by atoms with van der Waals surface area (Å²) >= 11 is 0. The minimum atomic E-state index is -4.43. The van der Waals surface area contributed by atoms with Gasteiger partial charge in [0.2, 0.25) is 0 Å². The van der Waals surface area contributed by atoms with Gasteiger partial charge in [0.05, 0.1) is 21.8 Å². The third kappa shape index (κ3) is 5.64. The molecule has 1 heterocycles. The Hall–Kier alpha value is -3.53. The number of benzene rings is 3. The summed E-state index contributed by atoms with van der Waals surface area (Å²) in [5.41, 5.74) is 2.13. The Kier molecular flexibility index (Phi) is 6.99. The van der Waals surface area contributed by atoms with Crippen molar-refractivity contribution in [1.29, 1.82) is 0 Å². The molecule has 4 rings (SSSR count). The van der Waals surface area contributed by atoms with Crippen molar-refractivity contribution in [2.45, 2.75) is 37.9 Å². The van der Waals surface area contributed by atoms with Crippen LogP contribution >= 0.6 is 0 Å². The smallest absolute Gasteiger partial charge is 0.320 e. The monoisotopic (exact) mass is 517 g/mol. The van der Waals surface area contributed by atoms with Crippen molar-refractivity contribution in [3.63, 3.8) is 0 Å². The summed E-state index contributed by atoms with van der Waals surface area (Å²) in [5.74, 6) is 0. The average molecular weight is 518 g/mol. The fourth-order valence-corrected chi connectivity index (χ4v) is 5.29. The molecule has 1 N–H and O–H groups in total. The summed E-state index contributed by atoms with van der Waals surface area (Å²) in [7, 11) is -3.90. The van der Waals surface area contributed by atoms with Crippen LogP contribution in [-0.4, -0.2) is 32.4 Å². The number of nitrogens with one attached hydrogen (secondary N) is 1. The van der Waals surface area contributed by atoms with Gasteiger partial charge in [-0.3, -0.25) is 9.62 Å². The first-order valence-corrected chi connectivity index (χ1v) is 12.8. The van der Waals surface area contributed by atoms with Gasteiger partial charge in [-0.1, -0.05) is 30.3 Å². The van der Waals surface area contributed by atoms with Crippen molar-refractivity contribution in [3.8, 4) is 0 Å². The standard InChI is InChI=1S/C26H26F3N3O3S/c1-18-5-3-6-22(15-18)36(34,35)30-23-16-19(2)7-12-24(23)32-14-4-13-31(25(32)33)17-20-8-10-21(11-9-20)26(27,28)29/h3,5-12,15-16,30H,4,13-14,17H2,1-2H3. The summed E-state index contributed by atoms with van der Waals surface area (Å²) in [6.45, 7) is 4.58. The van der Waals surface area contributed by atoms with Crippen LogP contribution in [0.4, 0.5) is 29.3 Å². The Morgan fingerprint density at radius 1 is 0.917 bits per heavy atom. The Morgan fingerprint density at radius 2 is 1.61 bits per heavy atom. The molecular weight excluding hydrogens is 491 g/mol. The number of rotatable bonds is 6. The number of anilines is 2. The molecular formula is C26H26F3N3O3S. The van der Waals surface area contributed by atoms with Crippen LogP contribution in [0.25, 0.3) is 0 Å². The highest BCUT2D eigenvalue weighted by molar-refractivity contribution is 7.92. The first-order valence-electron chi connectivity index (χ1n) is 11.4. The maximum absolute atomic E-state index is 13.4. The molecule has 0 saturated carbocycles. The van der Waals surface area contributed by atoms with Crippen LogP contribution in [0.15, 0.2) is 71.6 Å². The van der Waals surface area contributed by atoms with Gasteiger partial charge >= 0.3 is 12.2 Å². The lowest BCUT2D eigenvalue weighted by Crippen LogP contribution is -2.49. The van der Waals surface area contributed by atoms with E-state index < -0.39 is 21.8 Å². The largest absolute Gasteiger partial charge is 0.416 e. The minimum absolute atomic E-state index is 0.115. The molecule has 0 aliphatic carbocycles. The molecule has 190 valence electrons. The summed E-state index contributed by atoms with van der Waals surface area (Å²) in [6.07, 6.45) is -3.81. The molecule has 10 heteroatoms. The van der Waals surface area contributed by atoms with Gasteiger partial charge in [-0.15, -0.1) is 0 Å². The number of hydrogen-bond acceptors (Lipinski definition) is 3. The number of urea groups is 1. The molecule has 1 fully saturated rings. The number of amides is 2. The van der Waals surface area contributed by atoms with E-state index in [2.05, 4.69) is 4.72 Å². The maximum atomic E-state index is 13.4. The van der Waals surface area contributed by atoms with Gasteiger partial charge in [-0.05, 0) is 73.4 Å². The second-order valence-corrected chi connectivity index (χ2v) is 10.5. The van der Waals surface area contributed by atoms with E-state index in [-0.39, 0.29) is 23.2 Å². The first-order chi connectivity index (χ1) is 16.9. The zero-order valence-corrected chi connectivity index (χ0v) is 20.7. The third-order valence-electron chi connectivity index (χ3n) is 5.95. The van der Waals surface area contributed by atoms with E-state index in [9.17, 15) is 26.4 Å². The maximum Gasteiger partial charge on any atom is 0.416 e. The Balaban J connectivity index is 1.58. The average Bonchev–Trinajstić information content (AvgIpc) is 2.80. The molecule has 1 saturated heterocycles. The van der Waals surface area contributed by atoms with Gasteiger partial charge in [-0.2, -0.15) is 13.2 Å². The number of hydrogen-bond donors (Lipinski definition) is 1. The van der Waals surface area contributed by atoms with Crippen LogP contribution in [0, 0.1) is 13.8 Å². The number of carbonyl (C=O) groups is 1. The minimum Gasteiger partial charge on any atom is -0.320 e. The summed E-state index contributed by atoms with van der Waals surface area (Å²) in [6, 6.07) is 16.1. The highest BCUT2D eigenvalue weighted by atomic mass is 32.2. The predicted octanol–water partition coefficient (Wildman–Crippen LogP) is 5.96. The van der Waals surface area contributed by atoms with E-state index in [1.165, 1.54) is 23.1 Å². The molecule has 0 radical (unpaired) electrons. The quantitative estimate of drug-likeness (QED) is 0.439. The fraction of sp³-hybridized carbons (Fsp3) is 0.269. The van der Waals surface area contributed by atoms with E-state index in [0.29, 0.717) is 30.8 Å². The number of carbonyl (C=O) groups excluding carboxylic acids is 1. The van der Waals surface area contributed by atoms with E-state index in [4.69, 9.17) is 0 Å². The van der Waals surface area contributed by atoms with Crippen LogP contribution in [0.2, 0.25) is 0 Å². The van der Waals surface area contributed by atoms with Gasteiger partial charge in [-0.25, -0.2) is 13.2 Å². The molecule has 36 heavy (non-hydrogen) atoms. The van der Waals surface area contributed by atoms with Gasteiger partial charge < -0.3 is 4.90 Å². The van der Waals surface area contributed by atoms with E-state index in [0.717, 1.165) is 23.3 Å². The third-order valence-corrected chi connectivity index (χ3v) is 7.32. The lowest BCUT2D eigenvalue weighted by Gasteiger charge is -2.36. The fourth-order valence-electron chi connectivity index (χ4n) is 4.12. The van der Waals surface area contributed by atoms with Crippen molar-refractivity contribution in [1.82, 2.24) is 4.90 Å². The number of sulfonamides is 1. The lowest BCUT2D eigenvalue weighted by atomic mass is 10.1. The number of halogens is 3. The topological polar surface area (TPSA) is 69.7 Å². The zero-order chi connectivity index (χ0) is 26.1. The van der Waals surface area contributed by atoms with Crippen LogP contribution in [0.3, 0.4) is 0 Å². The van der Waals surface area contributed by atoms with E-state index in [1.807, 2.05) is 6.92 Å². The molecule has 1 aliphatic heterocycles.